The van der Waals surface area contributed by atoms with Crippen molar-refractivity contribution in [3.8, 4) is 0 Å². The molecule has 2 heteroatoms. The summed E-state index contributed by atoms with van der Waals surface area (Å²) in [6, 6.07) is 11.0. The van der Waals surface area contributed by atoms with Crippen LogP contribution in [0, 0.1) is 23.2 Å². The first kappa shape index (κ1) is 20.2. The van der Waals surface area contributed by atoms with E-state index in [9.17, 15) is 0 Å². The zero-order valence-electron chi connectivity index (χ0n) is 18.4. The molecule has 1 heterocycles. The first-order chi connectivity index (χ1) is 13.4. The highest BCUT2D eigenvalue weighted by Gasteiger charge is 2.51. The SMILES string of the molecule is CC(C)(C[N+](C)(C)Cc1ccccc1)[C@@H]1O[C@@H]2CCCC[C@@H]2[C@H]2C=CCC[C@@H]21. The van der Waals surface area contributed by atoms with Crippen molar-refractivity contribution in [2.75, 3.05) is 20.6 Å². The maximum Gasteiger partial charge on any atom is 0.104 e. The molecule has 1 aromatic carbocycles. The van der Waals surface area contributed by atoms with Crippen molar-refractivity contribution >= 4 is 0 Å². The average Bonchev–Trinajstić information content (AvgIpc) is 2.67. The summed E-state index contributed by atoms with van der Waals surface area (Å²) in [5, 5.41) is 0. The van der Waals surface area contributed by atoms with Crippen LogP contribution in [0.15, 0.2) is 42.5 Å². The average molecular weight is 383 g/mol. The van der Waals surface area contributed by atoms with Crippen LogP contribution in [-0.2, 0) is 11.3 Å². The summed E-state index contributed by atoms with van der Waals surface area (Å²) in [5.41, 5.74) is 1.60. The van der Waals surface area contributed by atoms with Crippen LogP contribution in [0.4, 0.5) is 0 Å². The van der Waals surface area contributed by atoms with Crippen molar-refractivity contribution in [3.05, 3.63) is 48.0 Å². The zero-order chi connectivity index (χ0) is 19.8. The molecule has 1 saturated heterocycles. The predicted octanol–water partition coefficient (Wildman–Crippen LogP) is 5.83. The lowest BCUT2D eigenvalue weighted by Gasteiger charge is -2.54. The number of allylic oxidation sites excluding steroid dienone is 2. The lowest BCUT2D eigenvalue weighted by atomic mass is 9.61. The van der Waals surface area contributed by atoms with Crippen LogP contribution < -0.4 is 0 Å². The number of ether oxygens (including phenoxy) is 1. The van der Waals surface area contributed by atoms with Crippen LogP contribution in [0.1, 0.15) is 57.9 Å². The van der Waals surface area contributed by atoms with Crippen LogP contribution in [0.25, 0.3) is 0 Å². The third kappa shape index (κ3) is 4.24. The number of quaternary nitrogens is 1. The van der Waals surface area contributed by atoms with E-state index in [0.29, 0.717) is 18.1 Å². The molecule has 0 N–H and O–H groups in total. The molecule has 2 aliphatic carbocycles. The van der Waals surface area contributed by atoms with E-state index in [2.05, 4.69) is 70.4 Å². The number of rotatable bonds is 5. The van der Waals surface area contributed by atoms with Crippen molar-refractivity contribution in [1.29, 1.82) is 0 Å². The highest BCUT2D eigenvalue weighted by Crippen LogP contribution is 2.50. The summed E-state index contributed by atoms with van der Waals surface area (Å²) in [6.45, 7) is 7.18. The summed E-state index contributed by atoms with van der Waals surface area (Å²) < 4.78 is 7.99. The molecule has 0 aromatic heterocycles. The summed E-state index contributed by atoms with van der Waals surface area (Å²) in [5.74, 6) is 2.23. The second-order valence-corrected chi connectivity index (χ2v) is 11.0. The van der Waals surface area contributed by atoms with Crippen LogP contribution in [0.2, 0.25) is 0 Å². The van der Waals surface area contributed by atoms with Crippen LogP contribution in [0.5, 0.6) is 0 Å². The highest BCUT2D eigenvalue weighted by atomic mass is 16.5. The lowest BCUT2D eigenvalue weighted by Crippen LogP contribution is -2.58. The summed E-state index contributed by atoms with van der Waals surface area (Å²) in [6.07, 6.45) is 13.9. The van der Waals surface area contributed by atoms with Crippen LogP contribution >= 0.6 is 0 Å². The molecule has 2 fully saturated rings. The normalized spacial score (nSPS) is 33.2. The minimum absolute atomic E-state index is 0.175. The molecule has 28 heavy (non-hydrogen) atoms. The molecule has 1 saturated carbocycles. The summed E-state index contributed by atoms with van der Waals surface area (Å²) >= 11 is 0. The van der Waals surface area contributed by atoms with Gasteiger partial charge in [-0.15, -0.1) is 0 Å². The van der Waals surface area contributed by atoms with E-state index in [1.54, 1.807) is 0 Å². The molecule has 0 spiro atoms. The predicted molar refractivity (Wildman–Crippen MR) is 117 cm³/mol. The van der Waals surface area contributed by atoms with Crippen molar-refractivity contribution in [1.82, 2.24) is 0 Å². The van der Waals surface area contributed by atoms with E-state index >= 15 is 0 Å². The van der Waals surface area contributed by atoms with Gasteiger partial charge in [-0.3, -0.25) is 0 Å². The largest absolute Gasteiger partial charge is 0.374 e. The van der Waals surface area contributed by atoms with Gasteiger partial charge in [0.1, 0.15) is 6.54 Å². The second-order valence-electron chi connectivity index (χ2n) is 11.0. The van der Waals surface area contributed by atoms with Gasteiger partial charge in [-0.25, -0.2) is 0 Å². The number of hydrogen-bond donors (Lipinski definition) is 0. The van der Waals surface area contributed by atoms with Gasteiger partial charge < -0.3 is 9.22 Å². The smallest absolute Gasteiger partial charge is 0.104 e. The second kappa shape index (κ2) is 7.95. The van der Waals surface area contributed by atoms with Gasteiger partial charge in [-0.05, 0) is 43.4 Å². The molecule has 154 valence electrons. The quantitative estimate of drug-likeness (QED) is 0.460. The van der Waals surface area contributed by atoms with Gasteiger partial charge in [0.15, 0.2) is 0 Å². The first-order valence-electron chi connectivity index (χ1n) is 11.5. The maximum atomic E-state index is 6.98. The van der Waals surface area contributed by atoms with Gasteiger partial charge in [0, 0.05) is 11.0 Å². The summed E-state index contributed by atoms with van der Waals surface area (Å²) in [7, 11) is 4.78. The standard InChI is InChI=1S/C26H40NO/c1-26(2,19-27(3,4)18-20-12-6-5-7-13-20)25-23-16-9-8-14-21(23)22-15-10-11-17-24(22)28-25/h5-8,12-14,21-25H,9-11,15-19H2,1-4H3/q+1/t21-,22-,23+,24-,25-/m1/s1. The Morgan fingerprint density at radius 3 is 2.54 bits per heavy atom. The highest BCUT2D eigenvalue weighted by molar-refractivity contribution is 5.13. The molecular weight excluding hydrogens is 342 g/mol. The number of fused-ring (bicyclic) bond motifs is 3. The lowest BCUT2D eigenvalue weighted by molar-refractivity contribution is -0.910. The minimum Gasteiger partial charge on any atom is -0.374 e. The molecule has 0 radical (unpaired) electrons. The van der Waals surface area contributed by atoms with E-state index in [-0.39, 0.29) is 5.41 Å². The van der Waals surface area contributed by atoms with Crippen LogP contribution in [0.3, 0.4) is 0 Å². The van der Waals surface area contributed by atoms with Crippen molar-refractivity contribution < 1.29 is 9.22 Å². The Labute approximate surface area is 172 Å². The van der Waals surface area contributed by atoms with Gasteiger partial charge in [0.2, 0.25) is 0 Å². The fourth-order valence-corrected chi connectivity index (χ4v) is 6.81. The van der Waals surface area contributed by atoms with E-state index in [4.69, 9.17) is 4.74 Å². The van der Waals surface area contributed by atoms with E-state index in [0.717, 1.165) is 29.4 Å². The third-order valence-electron chi connectivity index (χ3n) is 7.54. The monoisotopic (exact) mass is 382 g/mol. The summed E-state index contributed by atoms with van der Waals surface area (Å²) in [4.78, 5) is 0. The molecule has 4 rings (SSSR count). The molecule has 1 aliphatic heterocycles. The number of benzene rings is 1. The molecule has 2 nitrogen and oxygen atoms in total. The molecule has 0 unspecified atom stereocenters. The Kier molecular flexibility index (Phi) is 5.73. The third-order valence-corrected chi connectivity index (χ3v) is 7.54. The first-order valence-corrected chi connectivity index (χ1v) is 11.5. The van der Waals surface area contributed by atoms with Crippen LogP contribution in [-0.4, -0.2) is 37.3 Å². The molecule has 0 bridgehead atoms. The van der Waals surface area contributed by atoms with Crippen molar-refractivity contribution in [3.63, 3.8) is 0 Å². The Hall–Kier alpha value is -1.12. The Morgan fingerprint density at radius 2 is 1.75 bits per heavy atom. The molecule has 5 atom stereocenters. The van der Waals surface area contributed by atoms with Gasteiger partial charge in [0.25, 0.3) is 0 Å². The molecule has 0 amide bonds. The van der Waals surface area contributed by atoms with Gasteiger partial charge >= 0.3 is 0 Å². The van der Waals surface area contributed by atoms with E-state index in [1.165, 1.54) is 44.1 Å². The zero-order valence-corrected chi connectivity index (χ0v) is 18.4. The minimum atomic E-state index is 0.175. The van der Waals surface area contributed by atoms with Gasteiger partial charge in [0.05, 0.1) is 32.8 Å². The molecule has 1 aromatic rings. The number of nitrogens with zero attached hydrogens (tertiary/aromatic N) is 1. The van der Waals surface area contributed by atoms with E-state index < -0.39 is 0 Å². The Bertz CT molecular complexity index is 677. The fraction of sp³-hybridized carbons (Fsp3) is 0.692. The van der Waals surface area contributed by atoms with Crippen molar-refractivity contribution in [2.24, 2.45) is 23.2 Å². The topological polar surface area (TPSA) is 9.23 Å². The van der Waals surface area contributed by atoms with Gasteiger partial charge in [-0.2, -0.15) is 0 Å². The van der Waals surface area contributed by atoms with Gasteiger partial charge in [-0.1, -0.05) is 69.2 Å². The molecular formula is C26H40NO+. The Balaban J connectivity index is 1.53. The van der Waals surface area contributed by atoms with E-state index in [1.807, 2.05) is 0 Å². The molecule has 3 aliphatic rings. The number of hydrogen-bond acceptors (Lipinski definition) is 1. The Morgan fingerprint density at radius 1 is 1.00 bits per heavy atom. The van der Waals surface area contributed by atoms with Crippen molar-refractivity contribution in [2.45, 2.75) is 71.1 Å². The maximum absolute atomic E-state index is 6.98. The fourth-order valence-electron chi connectivity index (χ4n) is 6.81.